The summed E-state index contributed by atoms with van der Waals surface area (Å²) in [6.07, 6.45) is 2.54. The van der Waals surface area contributed by atoms with Gasteiger partial charge in [0.05, 0.1) is 17.3 Å². The summed E-state index contributed by atoms with van der Waals surface area (Å²) in [5.74, 6) is 0.238. The molecule has 1 N–H and O–H groups in total. The minimum Gasteiger partial charge on any atom is -0.370 e. The van der Waals surface area contributed by atoms with E-state index >= 15 is 0 Å². The lowest BCUT2D eigenvalue weighted by Gasteiger charge is -2.33. The number of carbonyl (C=O) groups excluding carboxylic acids is 2. The molecule has 6 heteroatoms. The quantitative estimate of drug-likeness (QED) is 0.801. The minimum atomic E-state index is -0.368. The average Bonchev–Trinajstić information content (AvgIpc) is 3.12. The van der Waals surface area contributed by atoms with E-state index in [1.165, 1.54) is 0 Å². The third-order valence-electron chi connectivity index (χ3n) is 5.92. The molecule has 0 unspecified atom stereocenters. The lowest BCUT2D eigenvalue weighted by molar-refractivity contribution is -0.122. The van der Waals surface area contributed by atoms with E-state index in [0.717, 1.165) is 48.9 Å². The third-order valence-corrected chi connectivity index (χ3v) is 6.17. The zero-order valence-electron chi connectivity index (χ0n) is 16.6. The van der Waals surface area contributed by atoms with E-state index in [9.17, 15) is 9.59 Å². The predicted molar refractivity (Wildman–Crippen MR) is 118 cm³/mol. The van der Waals surface area contributed by atoms with Gasteiger partial charge in [0.25, 0.3) is 0 Å². The molecule has 2 aliphatic rings. The lowest BCUT2D eigenvalue weighted by Crippen LogP contribution is -2.34. The second kappa shape index (κ2) is 8.46. The van der Waals surface area contributed by atoms with Crippen LogP contribution in [0, 0.1) is 11.8 Å². The van der Waals surface area contributed by atoms with Gasteiger partial charge in [0.15, 0.2) is 0 Å². The average molecular weight is 412 g/mol. The number of halogens is 1. The number of benzene rings is 2. The molecule has 5 nitrogen and oxygen atoms in total. The minimum absolute atomic E-state index is 0.0363. The van der Waals surface area contributed by atoms with Gasteiger partial charge in [0.1, 0.15) is 0 Å². The van der Waals surface area contributed by atoms with Crippen molar-refractivity contribution in [1.82, 2.24) is 0 Å². The van der Waals surface area contributed by atoms with Gasteiger partial charge in [0, 0.05) is 36.8 Å². The van der Waals surface area contributed by atoms with E-state index in [4.69, 9.17) is 11.6 Å². The molecule has 0 spiro atoms. The second-order valence-corrected chi connectivity index (χ2v) is 8.49. The van der Waals surface area contributed by atoms with Crippen LogP contribution in [0.2, 0.25) is 5.02 Å². The summed E-state index contributed by atoms with van der Waals surface area (Å²) < 4.78 is 0. The third kappa shape index (κ3) is 4.40. The van der Waals surface area contributed by atoms with E-state index in [2.05, 4.69) is 23.2 Å². The molecule has 0 bridgehead atoms. The number of nitrogens with one attached hydrogen (secondary N) is 1. The predicted octanol–water partition coefficient (Wildman–Crippen LogP) is 4.57. The molecular weight excluding hydrogens is 386 g/mol. The summed E-state index contributed by atoms with van der Waals surface area (Å²) >= 11 is 5.94. The highest BCUT2D eigenvalue weighted by molar-refractivity contribution is 6.30. The van der Waals surface area contributed by atoms with Crippen LogP contribution in [0.15, 0.2) is 48.5 Å². The van der Waals surface area contributed by atoms with Crippen LogP contribution in [0.25, 0.3) is 0 Å². The molecule has 2 amide bonds. The fraction of sp³-hybridized carbons (Fsp3) is 0.391. The van der Waals surface area contributed by atoms with Crippen LogP contribution < -0.4 is 15.1 Å². The number of anilines is 3. The summed E-state index contributed by atoms with van der Waals surface area (Å²) in [6, 6.07) is 15.1. The van der Waals surface area contributed by atoms with Crippen LogP contribution in [-0.4, -0.2) is 31.4 Å². The van der Waals surface area contributed by atoms with Crippen molar-refractivity contribution >= 4 is 40.5 Å². The molecule has 2 aromatic rings. The molecule has 4 rings (SSSR count). The van der Waals surface area contributed by atoms with Crippen molar-refractivity contribution in [1.29, 1.82) is 0 Å². The highest BCUT2D eigenvalue weighted by atomic mass is 35.5. The number of carbonyl (C=O) groups is 2. The van der Waals surface area contributed by atoms with Gasteiger partial charge in [-0.25, -0.2) is 0 Å². The molecule has 29 heavy (non-hydrogen) atoms. The molecule has 152 valence electrons. The topological polar surface area (TPSA) is 52.7 Å². The molecule has 2 aliphatic heterocycles. The van der Waals surface area contributed by atoms with E-state index in [-0.39, 0.29) is 24.2 Å². The number of amides is 2. The Hall–Kier alpha value is -2.53. The molecule has 2 fully saturated rings. The lowest BCUT2D eigenvalue weighted by atomic mass is 9.98. The Kier molecular flexibility index (Phi) is 5.76. The fourth-order valence-corrected chi connectivity index (χ4v) is 4.22. The smallest absolute Gasteiger partial charge is 0.229 e. The Balaban J connectivity index is 1.45. The number of rotatable bonds is 4. The first-order valence-electron chi connectivity index (χ1n) is 10.2. The summed E-state index contributed by atoms with van der Waals surface area (Å²) in [4.78, 5) is 29.4. The zero-order chi connectivity index (χ0) is 20.4. The van der Waals surface area contributed by atoms with Crippen molar-refractivity contribution in [2.75, 3.05) is 34.8 Å². The van der Waals surface area contributed by atoms with Gasteiger partial charge in [-0.15, -0.1) is 0 Å². The molecule has 2 aromatic carbocycles. The molecule has 0 aromatic heterocycles. The largest absolute Gasteiger partial charge is 0.370 e. The van der Waals surface area contributed by atoms with E-state index in [0.29, 0.717) is 11.6 Å². The highest BCUT2D eigenvalue weighted by Crippen LogP contribution is 2.31. The Morgan fingerprint density at radius 2 is 1.76 bits per heavy atom. The maximum atomic E-state index is 12.9. The Morgan fingerprint density at radius 3 is 2.48 bits per heavy atom. The Morgan fingerprint density at radius 1 is 1.07 bits per heavy atom. The number of nitrogens with zero attached hydrogens (tertiary/aromatic N) is 2. The normalized spacial score (nSPS) is 20.2. The van der Waals surface area contributed by atoms with Gasteiger partial charge in [-0.05, 0) is 55.2 Å². The number of para-hydroxylation sites is 2. The second-order valence-electron chi connectivity index (χ2n) is 8.06. The maximum absolute atomic E-state index is 12.9. The van der Waals surface area contributed by atoms with E-state index in [1.54, 1.807) is 17.0 Å². The maximum Gasteiger partial charge on any atom is 0.229 e. The van der Waals surface area contributed by atoms with Gasteiger partial charge in [0.2, 0.25) is 11.8 Å². The molecular formula is C23H26ClN3O2. The number of piperidine rings is 1. The molecule has 2 heterocycles. The molecule has 0 saturated carbocycles. The van der Waals surface area contributed by atoms with Gasteiger partial charge in [-0.3, -0.25) is 9.59 Å². The van der Waals surface area contributed by atoms with Gasteiger partial charge in [-0.2, -0.15) is 0 Å². The highest BCUT2D eigenvalue weighted by Gasteiger charge is 2.35. The van der Waals surface area contributed by atoms with Crippen molar-refractivity contribution in [3.05, 3.63) is 53.6 Å². The molecule has 2 saturated heterocycles. The standard InChI is InChI=1S/C23H26ClN3O2/c1-16-10-12-26(13-11-16)21-5-3-2-4-20(21)25-23(29)17-14-22(28)27(15-17)19-8-6-18(24)7-9-19/h2-9,16-17H,10-15H2,1H3,(H,25,29)/t17-/m1/s1. The van der Waals surface area contributed by atoms with Crippen LogP contribution >= 0.6 is 11.6 Å². The number of hydrogen-bond donors (Lipinski definition) is 1. The van der Waals surface area contributed by atoms with Crippen molar-refractivity contribution in [2.24, 2.45) is 11.8 Å². The van der Waals surface area contributed by atoms with Gasteiger partial charge < -0.3 is 15.1 Å². The molecule has 0 aliphatic carbocycles. The Labute approximate surface area is 176 Å². The number of hydrogen-bond acceptors (Lipinski definition) is 3. The fourth-order valence-electron chi connectivity index (χ4n) is 4.09. The van der Waals surface area contributed by atoms with E-state index < -0.39 is 0 Å². The van der Waals surface area contributed by atoms with Crippen molar-refractivity contribution in [3.63, 3.8) is 0 Å². The van der Waals surface area contributed by atoms with Crippen molar-refractivity contribution in [2.45, 2.75) is 26.2 Å². The summed E-state index contributed by atoms with van der Waals surface area (Å²) in [7, 11) is 0. The monoisotopic (exact) mass is 411 g/mol. The first kappa shape index (κ1) is 19.8. The Bertz CT molecular complexity index is 891. The summed E-state index contributed by atoms with van der Waals surface area (Å²) in [5.41, 5.74) is 2.66. The molecule has 1 atom stereocenters. The summed E-state index contributed by atoms with van der Waals surface area (Å²) in [5, 5.41) is 3.71. The zero-order valence-corrected chi connectivity index (χ0v) is 17.4. The van der Waals surface area contributed by atoms with Crippen LogP contribution in [-0.2, 0) is 9.59 Å². The van der Waals surface area contributed by atoms with Crippen LogP contribution in [0.4, 0.5) is 17.1 Å². The van der Waals surface area contributed by atoms with Crippen LogP contribution in [0.5, 0.6) is 0 Å². The first-order chi connectivity index (χ1) is 14.0. The van der Waals surface area contributed by atoms with Crippen LogP contribution in [0.1, 0.15) is 26.2 Å². The van der Waals surface area contributed by atoms with Crippen molar-refractivity contribution in [3.8, 4) is 0 Å². The SMILES string of the molecule is CC1CCN(c2ccccc2NC(=O)[C@@H]2CC(=O)N(c3ccc(Cl)cc3)C2)CC1. The summed E-state index contributed by atoms with van der Waals surface area (Å²) in [6.45, 7) is 4.67. The van der Waals surface area contributed by atoms with Crippen LogP contribution in [0.3, 0.4) is 0 Å². The van der Waals surface area contributed by atoms with E-state index in [1.807, 2.05) is 30.3 Å². The van der Waals surface area contributed by atoms with Crippen molar-refractivity contribution < 1.29 is 9.59 Å². The van der Waals surface area contributed by atoms with Gasteiger partial charge >= 0.3 is 0 Å². The van der Waals surface area contributed by atoms with Gasteiger partial charge in [-0.1, -0.05) is 30.7 Å². The molecule has 0 radical (unpaired) electrons. The first-order valence-corrected chi connectivity index (χ1v) is 10.6.